The van der Waals surface area contributed by atoms with Crippen molar-refractivity contribution in [3.8, 4) is 0 Å². The fraction of sp³-hybridized carbons (Fsp3) is 0.533. The highest BCUT2D eigenvalue weighted by Gasteiger charge is 2.19. The van der Waals surface area contributed by atoms with Crippen LogP contribution in [-0.2, 0) is 6.54 Å². The Kier molecular flexibility index (Phi) is 4.95. The van der Waals surface area contributed by atoms with Crippen molar-refractivity contribution >= 4 is 5.84 Å². The molecule has 0 radical (unpaired) electrons. The fourth-order valence-corrected chi connectivity index (χ4v) is 2.77. The van der Waals surface area contributed by atoms with Crippen molar-refractivity contribution in [2.45, 2.75) is 45.2 Å². The van der Waals surface area contributed by atoms with Crippen molar-refractivity contribution in [1.82, 2.24) is 4.90 Å². The summed E-state index contributed by atoms with van der Waals surface area (Å²) >= 11 is 0. The summed E-state index contributed by atoms with van der Waals surface area (Å²) in [6.45, 7) is 3.96. The van der Waals surface area contributed by atoms with Crippen LogP contribution in [0.15, 0.2) is 23.4 Å². The van der Waals surface area contributed by atoms with E-state index in [2.05, 4.69) is 17.0 Å². The van der Waals surface area contributed by atoms with Gasteiger partial charge in [0, 0.05) is 18.2 Å². The first-order chi connectivity index (χ1) is 9.61. The van der Waals surface area contributed by atoms with Gasteiger partial charge in [-0.1, -0.05) is 24.1 Å². The average molecular weight is 279 g/mol. The first-order valence-corrected chi connectivity index (χ1v) is 7.12. The molecule has 0 aliphatic carbocycles. The SMILES string of the molecule is CC1CCCCCN1Cc1ccc(F)cc1C(N)=NO. The minimum absolute atomic E-state index is 0.0398. The Labute approximate surface area is 119 Å². The topological polar surface area (TPSA) is 61.8 Å². The van der Waals surface area contributed by atoms with Gasteiger partial charge >= 0.3 is 0 Å². The summed E-state index contributed by atoms with van der Waals surface area (Å²) in [5, 5.41) is 11.8. The number of amidine groups is 1. The Morgan fingerprint density at radius 2 is 2.25 bits per heavy atom. The summed E-state index contributed by atoms with van der Waals surface area (Å²) in [6.07, 6.45) is 4.88. The van der Waals surface area contributed by atoms with E-state index in [1.165, 1.54) is 37.8 Å². The first-order valence-electron chi connectivity index (χ1n) is 7.12. The molecule has 0 aromatic heterocycles. The third-order valence-electron chi connectivity index (χ3n) is 4.02. The minimum Gasteiger partial charge on any atom is -0.409 e. The Hall–Kier alpha value is -1.62. The van der Waals surface area contributed by atoms with Gasteiger partial charge in [0.2, 0.25) is 0 Å². The van der Waals surface area contributed by atoms with Gasteiger partial charge in [-0.05, 0) is 44.0 Å². The maximum atomic E-state index is 13.4. The second-order valence-corrected chi connectivity index (χ2v) is 5.46. The second-order valence-electron chi connectivity index (χ2n) is 5.46. The Morgan fingerprint density at radius 1 is 1.45 bits per heavy atom. The average Bonchev–Trinajstić information content (AvgIpc) is 2.65. The Bertz CT molecular complexity index is 490. The van der Waals surface area contributed by atoms with Gasteiger partial charge in [-0.3, -0.25) is 4.90 Å². The van der Waals surface area contributed by atoms with E-state index in [0.29, 0.717) is 18.2 Å². The Morgan fingerprint density at radius 3 is 3.00 bits per heavy atom. The van der Waals surface area contributed by atoms with Crippen molar-refractivity contribution in [3.63, 3.8) is 0 Å². The van der Waals surface area contributed by atoms with Crippen LogP contribution < -0.4 is 5.73 Å². The van der Waals surface area contributed by atoms with Gasteiger partial charge in [0.1, 0.15) is 5.82 Å². The highest BCUT2D eigenvalue weighted by atomic mass is 19.1. The van der Waals surface area contributed by atoms with Crippen LogP contribution in [0.2, 0.25) is 0 Å². The summed E-state index contributed by atoms with van der Waals surface area (Å²) in [5.74, 6) is -0.416. The van der Waals surface area contributed by atoms with Gasteiger partial charge in [0.05, 0.1) is 0 Å². The third-order valence-corrected chi connectivity index (χ3v) is 4.02. The van der Waals surface area contributed by atoms with Gasteiger partial charge < -0.3 is 10.9 Å². The van der Waals surface area contributed by atoms with E-state index in [9.17, 15) is 4.39 Å². The number of benzene rings is 1. The minimum atomic E-state index is -0.376. The van der Waals surface area contributed by atoms with E-state index in [1.54, 1.807) is 6.07 Å². The molecule has 3 N–H and O–H groups in total. The molecule has 1 aliphatic rings. The number of oxime groups is 1. The van der Waals surface area contributed by atoms with E-state index in [-0.39, 0.29) is 11.7 Å². The van der Waals surface area contributed by atoms with Crippen LogP contribution in [-0.4, -0.2) is 28.5 Å². The maximum Gasteiger partial charge on any atom is 0.170 e. The highest BCUT2D eigenvalue weighted by molar-refractivity contribution is 5.98. The van der Waals surface area contributed by atoms with E-state index < -0.39 is 0 Å². The zero-order valence-electron chi connectivity index (χ0n) is 11.8. The molecule has 1 unspecified atom stereocenters. The van der Waals surface area contributed by atoms with Gasteiger partial charge in [-0.25, -0.2) is 4.39 Å². The molecule has 0 amide bonds. The van der Waals surface area contributed by atoms with Crippen LogP contribution in [0.5, 0.6) is 0 Å². The molecule has 4 nitrogen and oxygen atoms in total. The molecular weight excluding hydrogens is 257 g/mol. The Balaban J connectivity index is 2.23. The zero-order valence-corrected chi connectivity index (χ0v) is 11.8. The fourth-order valence-electron chi connectivity index (χ4n) is 2.77. The normalized spacial score (nSPS) is 21.7. The van der Waals surface area contributed by atoms with Crippen molar-refractivity contribution in [2.24, 2.45) is 10.9 Å². The van der Waals surface area contributed by atoms with E-state index in [1.807, 2.05) is 0 Å². The number of nitrogens with two attached hydrogens (primary N) is 1. The summed E-state index contributed by atoms with van der Waals surface area (Å²) in [6, 6.07) is 4.97. The molecule has 0 saturated carbocycles. The monoisotopic (exact) mass is 279 g/mol. The molecule has 0 spiro atoms. The molecule has 0 bridgehead atoms. The predicted octanol–water partition coefficient (Wildman–Crippen LogP) is 2.68. The molecule has 1 aliphatic heterocycles. The van der Waals surface area contributed by atoms with Gasteiger partial charge in [0.15, 0.2) is 5.84 Å². The van der Waals surface area contributed by atoms with E-state index in [4.69, 9.17) is 10.9 Å². The predicted molar refractivity (Wildman–Crippen MR) is 77.3 cm³/mol. The standard InChI is InChI=1S/C15H22FN3O/c1-11-5-3-2-4-8-19(11)10-12-6-7-13(16)9-14(12)15(17)18-20/h6-7,9,11,20H,2-5,8,10H2,1H3,(H2,17,18). The lowest BCUT2D eigenvalue weighted by molar-refractivity contribution is 0.204. The van der Waals surface area contributed by atoms with E-state index >= 15 is 0 Å². The molecule has 110 valence electrons. The van der Waals surface area contributed by atoms with Crippen LogP contribution in [0, 0.1) is 5.82 Å². The summed E-state index contributed by atoms with van der Waals surface area (Å²) < 4.78 is 13.4. The third kappa shape index (κ3) is 3.48. The molecule has 1 aromatic carbocycles. The molecule has 1 saturated heterocycles. The zero-order chi connectivity index (χ0) is 14.5. The maximum absolute atomic E-state index is 13.4. The lowest BCUT2D eigenvalue weighted by Crippen LogP contribution is -2.33. The van der Waals surface area contributed by atoms with E-state index in [0.717, 1.165) is 12.1 Å². The molecular formula is C15H22FN3O. The number of hydrogen-bond donors (Lipinski definition) is 2. The second kappa shape index (κ2) is 6.70. The van der Waals surface area contributed by atoms with Gasteiger partial charge in [-0.15, -0.1) is 0 Å². The molecule has 2 rings (SSSR count). The number of hydrogen-bond acceptors (Lipinski definition) is 3. The molecule has 20 heavy (non-hydrogen) atoms. The molecule has 1 aromatic rings. The smallest absolute Gasteiger partial charge is 0.170 e. The summed E-state index contributed by atoms with van der Waals surface area (Å²) in [4.78, 5) is 2.38. The summed E-state index contributed by atoms with van der Waals surface area (Å²) in [5.41, 5.74) is 7.02. The van der Waals surface area contributed by atoms with Crippen LogP contribution in [0.25, 0.3) is 0 Å². The largest absolute Gasteiger partial charge is 0.409 e. The highest BCUT2D eigenvalue weighted by Crippen LogP contribution is 2.21. The lowest BCUT2D eigenvalue weighted by atomic mass is 10.0. The molecule has 1 atom stereocenters. The molecule has 5 heteroatoms. The number of likely N-dealkylation sites (tertiary alicyclic amines) is 1. The van der Waals surface area contributed by atoms with Gasteiger partial charge in [0.25, 0.3) is 0 Å². The number of nitrogens with zero attached hydrogens (tertiary/aromatic N) is 2. The first kappa shape index (κ1) is 14.8. The van der Waals surface area contributed by atoms with Gasteiger partial charge in [-0.2, -0.15) is 0 Å². The van der Waals surface area contributed by atoms with Crippen molar-refractivity contribution < 1.29 is 9.60 Å². The van der Waals surface area contributed by atoms with Crippen LogP contribution in [0.4, 0.5) is 4.39 Å². The van der Waals surface area contributed by atoms with Crippen molar-refractivity contribution in [3.05, 3.63) is 35.1 Å². The molecule has 1 heterocycles. The van der Waals surface area contributed by atoms with Crippen molar-refractivity contribution in [1.29, 1.82) is 0 Å². The molecule has 1 fully saturated rings. The lowest BCUT2D eigenvalue weighted by Gasteiger charge is -2.27. The van der Waals surface area contributed by atoms with Crippen molar-refractivity contribution in [2.75, 3.05) is 6.54 Å². The quantitative estimate of drug-likeness (QED) is 0.387. The summed E-state index contributed by atoms with van der Waals surface area (Å²) in [7, 11) is 0. The van der Waals surface area contributed by atoms with Crippen LogP contribution in [0.1, 0.15) is 43.7 Å². The van der Waals surface area contributed by atoms with Crippen LogP contribution >= 0.6 is 0 Å². The van der Waals surface area contributed by atoms with Crippen LogP contribution in [0.3, 0.4) is 0 Å². The number of rotatable bonds is 3. The number of halogens is 1.